The van der Waals surface area contributed by atoms with Gasteiger partial charge in [0, 0.05) is 18.7 Å². The second-order valence-corrected chi connectivity index (χ2v) is 9.89. The number of anilines is 1. The van der Waals surface area contributed by atoms with Crippen LogP contribution in [0.5, 0.6) is 0 Å². The third kappa shape index (κ3) is 6.57. The average Bonchev–Trinajstić information content (AvgIpc) is 3.22. The minimum Gasteiger partial charge on any atom is -0.362 e. The highest BCUT2D eigenvalue weighted by atomic mass is 35.5. The first-order chi connectivity index (χ1) is 14.9. The fourth-order valence-corrected chi connectivity index (χ4v) is 4.91. The molecular weight excluding hydrogens is 461 g/mol. The number of benzene rings is 2. The summed E-state index contributed by atoms with van der Waals surface area (Å²) in [7, 11) is -3.71. The first-order valence-corrected chi connectivity index (χ1v) is 12.3. The number of aromatic nitrogens is 1. The quantitative estimate of drug-likeness (QED) is 0.305. The molecular formula is C21H21ClFN3O3S2. The molecule has 0 aliphatic heterocycles. The Hall–Kier alpha value is -2.33. The average molecular weight is 482 g/mol. The molecule has 0 radical (unpaired) electrons. The zero-order chi connectivity index (χ0) is 22.3. The SMILES string of the molecule is O=C(c1cnc(NCCCCCNS(=O)(=O)c2cccc(F)c2)s1)c1ccccc1Cl. The van der Waals surface area contributed by atoms with Gasteiger partial charge in [-0.2, -0.15) is 0 Å². The van der Waals surface area contributed by atoms with E-state index < -0.39 is 15.8 Å². The molecule has 3 aromatic rings. The van der Waals surface area contributed by atoms with E-state index in [2.05, 4.69) is 15.0 Å². The molecule has 0 aliphatic carbocycles. The fraction of sp³-hybridized carbons (Fsp3) is 0.238. The number of rotatable bonds is 11. The van der Waals surface area contributed by atoms with Gasteiger partial charge in [-0.25, -0.2) is 22.5 Å². The van der Waals surface area contributed by atoms with E-state index in [0.717, 1.165) is 18.9 Å². The van der Waals surface area contributed by atoms with Crippen molar-refractivity contribution in [3.63, 3.8) is 0 Å². The van der Waals surface area contributed by atoms with Crippen LogP contribution < -0.4 is 10.0 Å². The summed E-state index contributed by atoms with van der Waals surface area (Å²) in [6.45, 7) is 0.913. The highest BCUT2D eigenvalue weighted by Crippen LogP contribution is 2.24. The molecule has 0 amide bonds. The monoisotopic (exact) mass is 481 g/mol. The third-order valence-electron chi connectivity index (χ3n) is 4.38. The topological polar surface area (TPSA) is 88.2 Å². The maximum Gasteiger partial charge on any atom is 0.240 e. The molecule has 1 aromatic heterocycles. The van der Waals surface area contributed by atoms with Crippen LogP contribution in [0.1, 0.15) is 34.5 Å². The molecule has 164 valence electrons. The number of sulfonamides is 1. The molecule has 31 heavy (non-hydrogen) atoms. The van der Waals surface area contributed by atoms with Crippen LogP contribution in [0.2, 0.25) is 5.02 Å². The van der Waals surface area contributed by atoms with Gasteiger partial charge in [0.25, 0.3) is 0 Å². The molecule has 3 rings (SSSR count). The number of hydrogen-bond acceptors (Lipinski definition) is 6. The summed E-state index contributed by atoms with van der Waals surface area (Å²) in [5.41, 5.74) is 0.445. The van der Waals surface area contributed by atoms with E-state index in [1.165, 1.54) is 35.7 Å². The van der Waals surface area contributed by atoms with Crippen molar-refractivity contribution in [1.29, 1.82) is 0 Å². The lowest BCUT2D eigenvalue weighted by Gasteiger charge is -2.07. The van der Waals surface area contributed by atoms with Crippen LogP contribution in [0, 0.1) is 5.82 Å². The smallest absolute Gasteiger partial charge is 0.240 e. The Morgan fingerprint density at radius 1 is 1.06 bits per heavy atom. The number of nitrogens with one attached hydrogen (secondary N) is 2. The molecule has 2 N–H and O–H groups in total. The van der Waals surface area contributed by atoms with Crippen molar-refractivity contribution in [3.8, 4) is 0 Å². The van der Waals surface area contributed by atoms with Crippen LogP contribution in [0.4, 0.5) is 9.52 Å². The van der Waals surface area contributed by atoms with E-state index in [1.54, 1.807) is 24.3 Å². The maximum absolute atomic E-state index is 13.2. The zero-order valence-electron chi connectivity index (χ0n) is 16.5. The second-order valence-electron chi connectivity index (χ2n) is 6.68. The normalized spacial score (nSPS) is 11.4. The Bertz CT molecular complexity index is 1150. The molecule has 0 spiro atoms. The summed E-state index contributed by atoms with van der Waals surface area (Å²) >= 11 is 7.34. The maximum atomic E-state index is 13.2. The van der Waals surface area contributed by atoms with E-state index in [0.29, 0.717) is 33.6 Å². The Kier molecular flexibility index (Phi) is 8.14. The molecule has 10 heteroatoms. The van der Waals surface area contributed by atoms with Gasteiger partial charge in [-0.3, -0.25) is 4.79 Å². The first-order valence-electron chi connectivity index (χ1n) is 9.61. The van der Waals surface area contributed by atoms with E-state index in [1.807, 2.05) is 0 Å². The minimum absolute atomic E-state index is 0.0833. The number of halogens is 2. The van der Waals surface area contributed by atoms with Gasteiger partial charge >= 0.3 is 0 Å². The first kappa shape index (κ1) is 23.3. The van der Waals surface area contributed by atoms with Crippen molar-refractivity contribution in [2.75, 3.05) is 18.4 Å². The lowest BCUT2D eigenvalue weighted by Crippen LogP contribution is -2.25. The van der Waals surface area contributed by atoms with Crippen molar-refractivity contribution in [3.05, 3.63) is 76.0 Å². The molecule has 2 aromatic carbocycles. The van der Waals surface area contributed by atoms with Crippen LogP contribution in [-0.4, -0.2) is 32.3 Å². The molecule has 0 saturated carbocycles. The van der Waals surface area contributed by atoms with Crippen molar-refractivity contribution < 1.29 is 17.6 Å². The molecule has 0 fully saturated rings. The van der Waals surface area contributed by atoms with Crippen LogP contribution >= 0.6 is 22.9 Å². The lowest BCUT2D eigenvalue weighted by atomic mass is 10.1. The Balaban J connectivity index is 1.37. The van der Waals surface area contributed by atoms with E-state index >= 15 is 0 Å². The fourth-order valence-electron chi connectivity index (χ4n) is 2.79. The molecule has 0 aliphatic rings. The molecule has 0 saturated heterocycles. The van der Waals surface area contributed by atoms with Crippen molar-refractivity contribution in [1.82, 2.24) is 9.71 Å². The van der Waals surface area contributed by atoms with Crippen LogP contribution in [0.25, 0.3) is 0 Å². The van der Waals surface area contributed by atoms with Crippen LogP contribution in [0.15, 0.2) is 59.6 Å². The van der Waals surface area contributed by atoms with E-state index in [9.17, 15) is 17.6 Å². The minimum atomic E-state index is -3.71. The van der Waals surface area contributed by atoms with Crippen molar-refractivity contribution in [2.24, 2.45) is 0 Å². The highest BCUT2D eigenvalue weighted by molar-refractivity contribution is 7.89. The van der Waals surface area contributed by atoms with Gasteiger partial charge in [-0.1, -0.05) is 47.6 Å². The molecule has 6 nitrogen and oxygen atoms in total. The molecule has 0 unspecified atom stereocenters. The summed E-state index contributed by atoms with van der Waals surface area (Å²) in [4.78, 5) is 17.2. The Morgan fingerprint density at radius 2 is 1.84 bits per heavy atom. The summed E-state index contributed by atoms with van der Waals surface area (Å²) in [5, 5.41) is 4.21. The third-order valence-corrected chi connectivity index (χ3v) is 7.12. The van der Waals surface area contributed by atoms with Crippen LogP contribution in [-0.2, 0) is 10.0 Å². The number of carbonyl (C=O) groups is 1. The molecule has 1 heterocycles. The van der Waals surface area contributed by atoms with E-state index in [-0.39, 0.29) is 17.2 Å². The predicted molar refractivity (Wildman–Crippen MR) is 121 cm³/mol. The molecule has 0 atom stereocenters. The number of thiazole rings is 1. The Morgan fingerprint density at radius 3 is 2.61 bits per heavy atom. The van der Waals surface area contributed by atoms with Gasteiger partial charge < -0.3 is 5.32 Å². The zero-order valence-corrected chi connectivity index (χ0v) is 18.9. The van der Waals surface area contributed by atoms with Crippen molar-refractivity contribution in [2.45, 2.75) is 24.2 Å². The van der Waals surface area contributed by atoms with E-state index in [4.69, 9.17) is 11.6 Å². The van der Waals surface area contributed by atoms with Crippen molar-refractivity contribution >= 4 is 43.9 Å². The van der Waals surface area contributed by atoms with Gasteiger partial charge in [0.15, 0.2) is 5.13 Å². The van der Waals surface area contributed by atoms with Gasteiger partial charge in [0.2, 0.25) is 15.8 Å². The summed E-state index contributed by atoms with van der Waals surface area (Å²) in [5.74, 6) is -0.755. The second kappa shape index (κ2) is 10.8. The Labute approximate surface area is 189 Å². The summed E-state index contributed by atoms with van der Waals surface area (Å²) in [6.07, 6.45) is 3.76. The van der Waals surface area contributed by atoms with Gasteiger partial charge in [-0.05, 0) is 43.2 Å². The largest absolute Gasteiger partial charge is 0.362 e. The van der Waals surface area contributed by atoms with Gasteiger partial charge in [-0.15, -0.1) is 0 Å². The standard InChI is InChI=1S/C21H21ClFN3O3S2/c22-18-10-3-2-9-17(18)20(27)19-14-25-21(30-19)24-11-4-1-5-12-26-31(28,29)16-8-6-7-15(23)13-16/h2-3,6-10,13-14,26H,1,4-5,11-12H2,(H,24,25). The highest BCUT2D eigenvalue weighted by Gasteiger charge is 2.16. The molecule has 0 bridgehead atoms. The van der Waals surface area contributed by atoms with Gasteiger partial charge in [0.1, 0.15) is 5.82 Å². The van der Waals surface area contributed by atoms with Gasteiger partial charge in [0.05, 0.1) is 21.0 Å². The summed E-state index contributed by atoms with van der Waals surface area (Å²) in [6, 6.07) is 11.8. The number of ketones is 1. The number of carbonyl (C=O) groups excluding carboxylic acids is 1. The lowest BCUT2D eigenvalue weighted by molar-refractivity contribution is 0.104. The predicted octanol–water partition coefficient (Wildman–Crippen LogP) is 4.73. The number of unbranched alkanes of at least 4 members (excludes halogenated alkanes) is 2. The number of hydrogen-bond donors (Lipinski definition) is 2. The number of nitrogens with zero attached hydrogens (tertiary/aromatic N) is 1. The summed E-state index contributed by atoms with van der Waals surface area (Å²) < 4.78 is 39.9. The van der Waals surface area contributed by atoms with Crippen LogP contribution in [0.3, 0.4) is 0 Å².